The fourth-order valence-electron chi connectivity index (χ4n) is 2.05. The quantitative estimate of drug-likeness (QED) is 0.366. The van der Waals surface area contributed by atoms with Gasteiger partial charge in [-0.05, 0) is 6.04 Å². The molecule has 2 heteroatoms. The molecule has 96 valence electrons. The maximum Gasteiger partial charge on any atom is 0.224 e. The molecule has 0 rings (SSSR count). The monoisotopic (exact) mass is 242 g/mol. The molecule has 0 bridgehead atoms. The minimum atomic E-state index is 0.169. The number of hydrogen-bond acceptors (Lipinski definition) is 1. The van der Waals surface area contributed by atoms with Crippen molar-refractivity contribution in [3.8, 4) is 0 Å². The third-order valence-electron chi connectivity index (χ3n) is 3.14. The van der Waals surface area contributed by atoms with Gasteiger partial charge < -0.3 is 4.80 Å². The molecule has 0 heterocycles. The Kier molecular flexibility index (Phi) is 15.3. The van der Waals surface area contributed by atoms with Gasteiger partial charge in [-0.1, -0.05) is 84.0 Å². The molecule has 0 atom stereocenters. The van der Waals surface area contributed by atoms with Crippen LogP contribution in [0.5, 0.6) is 0 Å². The van der Waals surface area contributed by atoms with Crippen LogP contribution >= 0.6 is 0 Å². The van der Waals surface area contributed by atoms with E-state index in [-0.39, 0.29) is 9.76 Å². The molecule has 0 amide bonds. The second-order valence-corrected chi connectivity index (χ2v) is 5.61. The highest BCUT2D eigenvalue weighted by Gasteiger charge is 1.93. The summed E-state index contributed by atoms with van der Waals surface area (Å²) in [4.78, 5) is 8.66. The van der Waals surface area contributed by atoms with E-state index in [2.05, 4.69) is 6.92 Å². The van der Waals surface area contributed by atoms with Crippen LogP contribution in [0.3, 0.4) is 0 Å². The summed E-state index contributed by atoms with van der Waals surface area (Å²) >= 11 is 0. The molecule has 0 fully saturated rings. The second-order valence-electron chi connectivity index (χ2n) is 4.80. The van der Waals surface area contributed by atoms with Crippen molar-refractivity contribution >= 4 is 9.76 Å². The molecule has 0 aromatic heterocycles. The largest absolute Gasteiger partial charge is 0.432 e. The predicted molar refractivity (Wildman–Crippen MR) is 73.9 cm³/mol. The van der Waals surface area contributed by atoms with Crippen molar-refractivity contribution in [2.24, 2.45) is 0 Å². The van der Waals surface area contributed by atoms with E-state index in [1.54, 1.807) is 0 Å². The summed E-state index contributed by atoms with van der Waals surface area (Å²) in [5.74, 6) is 0. The van der Waals surface area contributed by atoms with Crippen molar-refractivity contribution in [3.63, 3.8) is 0 Å². The van der Waals surface area contributed by atoms with E-state index >= 15 is 0 Å². The van der Waals surface area contributed by atoms with Crippen molar-refractivity contribution in [3.05, 3.63) is 0 Å². The van der Waals surface area contributed by atoms with Gasteiger partial charge >= 0.3 is 0 Å². The Morgan fingerprint density at radius 1 is 0.625 bits per heavy atom. The highest BCUT2D eigenvalue weighted by atomic mass is 28.2. The Hall–Kier alpha value is 0.177. The van der Waals surface area contributed by atoms with Crippen LogP contribution in [0.25, 0.3) is 0 Å². The zero-order valence-electron chi connectivity index (χ0n) is 11.1. The summed E-state index contributed by atoms with van der Waals surface area (Å²) < 4.78 is 0. The number of rotatable bonds is 13. The Balaban J connectivity index is 2.83. The van der Waals surface area contributed by atoms with E-state index in [1.165, 1.54) is 77.0 Å². The Bertz CT molecular complexity index is 103. The molecule has 2 radical (unpaired) electrons. The van der Waals surface area contributed by atoms with Gasteiger partial charge in [0.15, 0.2) is 0 Å². The fourth-order valence-corrected chi connectivity index (χ4v) is 2.45. The van der Waals surface area contributed by atoms with E-state index in [1.807, 2.05) is 0 Å². The van der Waals surface area contributed by atoms with Crippen molar-refractivity contribution < 1.29 is 4.80 Å². The van der Waals surface area contributed by atoms with Gasteiger partial charge in [0.05, 0.1) is 0 Å². The number of hydrogen-bond donors (Lipinski definition) is 1. The minimum Gasteiger partial charge on any atom is -0.432 e. The SMILES string of the molecule is CCCCCCCCCCCCCC[Si]O. The zero-order chi connectivity index (χ0) is 11.9. The van der Waals surface area contributed by atoms with Crippen LogP contribution < -0.4 is 0 Å². The first-order chi connectivity index (χ1) is 7.91. The molecule has 0 spiro atoms. The maximum absolute atomic E-state index is 8.66. The summed E-state index contributed by atoms with van der Waals surface area (Å²) in [6.45, 7) is 2.28. The third kappa shape index (κ3) is 14.2. The molecule has 0 saturated heterocycles. The van der Waals surface area contributed by atoms with Crippen molar-refractivity contribution in [1.29, 1.82) is 0 Å². The Labute approximate surface area is 105 Å². The second kappa shape index (κ2) is 15.2. The minimum absolute atomic E-state index is 0.169. The summed E-state index contributed by atoms with van der Waals surface area (Å²) in [5.41, 5.74) is 0. The van der Waals surface area contributed by atoms with Crippen molar-refractivity contribution in [1.82, 2.24) is 0 Å². The molecular weight excluding hydrogens is 212 g/mol. The average Bonchev–Trinajstić information content (AvgIpc) is 2.31. The van der Waals surface area contributed by atoms with Gasteiger partial charge in [0.1, 0.15) is 0 Å². The summed E-state index contributed by atoms with van der Waals surface area (Å²) in [5, 5.41) is 0. The van der Waals surface area contributed by atoms with Crippen LogP contribution in [0.4, 0.5) is 0 Å². The molecule has 0 aliphatic rings. The molecule has 1 nitrogen and oxygen atoms in total. The van der Waals surface area contributed by atoms with Gasteiger partial charge in [-0.15, -0.1) is 0 Å². The molecular formula is C14H30OSi. The molecule has 16 heavy (non-hydrogen) atoms. The third-order valence-corrected chi connectivity index (χ3v) is 3.72. The van der Waals surface area contributed by atoms with Crippen LogP contribution in [-0.4, -0.2) is 14.6 Å². The lowest BCUT2D eigenvalue weighted by Gasteiger charge is -2.02. The van der Waals surface area contributed by atoms with Crippen LogP contribution in [0, 0.1) is 0 Å². The fraction of sp³-hybridized carbons (Fsp3) is 1.00. The molecule has 0 aliphatic carbocycles. The normalized spacial score (nSPS) is 10.9. The van der Waals surface area contributed by atoms with Gasteiger partial charge in [0.25, 0.3) is 0 Å². The van der Waals surface area contributed by atoms with Crippen LogP contribution in [0.1, 0.15) is 84.0 Å². The number of unbranched alkanes of at least 4 members (excludes halogenated alkanes) is 11. The molecule has 1 N–H and O–H groups in total. The van der Waals surface area contributed by atoms with E-state index < -0.39 is 0 Å². The van der Waals surface area contributed by atoms with E-state index in [4.69, 9.17) is 4.80 Å². The topological polar surface area (TPSA) is 20.2 Å². The first-order valence-electron chi connectivity index (χ1n) is 7.28. The van der Waals surface area contributed by atoms with Crippen LogP contribution in [0.15, 0.2) is 0 Å². The average molecular weight is 242 g/mol. The summed E-state index contributed by atoms with van der Waals surface area (Å²) in [7, 11) is 0.169. The van der Waals surface area contributed by atoms with E-state index in [9.17, 15) is 0 Å². The van der Waals surface area contributed by atoms with Crippen molar-refractivity contribution in [2.75, 3.05) is 0 Å². The standard InChI is InChI=1S/C14H30OSi/c1-2-3-4-5-6-7-8-9-10-11-12-13-14-16-15/h15H,2-14H2,1H3. The van der Waals surface area contributed by atoms with Gasteiger partial charge in [0.2, 0.25) is 9.76 Å². The zero-order valence-corrected chi connectivity index (χ0v) is 12.1. The molecule has 0 unspecified atom stereocenters. The highest BCUT2D eigenvalue weighted by Crippen LogP contribution is 2.12. The molecule has 0 aromatic rings. The van der Waals surface area contributed by atoms with Crippen LogP contribution in [0.2, 0.25) is 6.04 Å². The van der Waals surface area contributed by atoms with E-state index in [0.717, 1.165) is 6.04 Å². The summed E-state index contributed by atoms with van der Waals surface area (Å²) in [6, 6.07) is 1.03. The van der Waals surface area contributed by atoms with Gasteiger partial charge in [0, 0.05) is 0 Å². The molecule has 0 saturated carbocycles. The molecule has 0 aliphatic heterocycles. The Morgan fingerprint density at radius 2 is 1.00 bits per heavy atom. The lowest BCUT2D eigenvalue weighted by molar-refractivity contribution is 0.544. The highest BCUT2D eigenvalue weighted by molar-refractivity contribution is 6.25. The first-order valence-corrected chi connectivity index (χ1v) is 8.44. The lowest BCUT2D eigenvalue weighted by atomic mass is 10.1. The van der Waals surface area contributed by atoms with E-state index in [0.29, 0.717) is 0 Å². The molecule has 0 aromatic carbocycles. The smallest absolute Gasteiger partial charge is 0.224 e. The van der Waals surface area contributed by atoms with Crippen molar-refractivity contribution in [2.45, 2.75) is 90.0 Å². The first kappa shape index (κ1) is 16.2. The van der Waals surface area contributed by atoms with Gasteiger partial charge in [-0.3, -0.25) is 0 Å². The van der Waals surface area contributed by atoms with Gasteiger partial charge in [-0.2, -0.15) is 0 Å². The maximum atomic E-state index is 8.66. The van der Waals surface area contributed by atoms with Gasteiger partial charge in [-0.25, -0.2) is 0 Å². The summed E-state index contributed by atoms with van der Waals surface area (Å²) in [6.07, 6.45) is 16.8. The predicted octanol–water partition coefficient (Wildman–Crippen LogP) is 4.72. The Morgan fingerprint density at radius 3 is 1.38 bits per heavy atom. The van der Waals surface area contributed by atoms with Crippen LogP contribution in [-0.2, 0) is 0 Å². The lowest BCUT2D eigenvalue weighted by Crippen LogP contribution is -1.86.